The number of benzene rings is 1. The van der Waals surface area contributed by atoms with Gasteiger partial charge in [-0.2, -0.15) is 30.7 Å². The van der Waals surface area contributed by atoms with E-state index in [0.29, 0.717) is 12.3 Å². The zero-order chi connectivity index (χ0) is 28.8. The number of ether oxygens (including phenoxy) is 1. The molecular formula is C23H16F8N4O3S. The monoisotopic (exact) mass is 580 g/mol. The minimum absolute atomic E-state index is 0.111. The van der Waals surface area contributed by atoms with Gasteiger partial charge >= 0.3 is 18.3 Å². The van der Waals surface area contributed by atoms with Crippen molar-refractivity contribution in [3.8, 4) is 16.9 Å². The van der Waals surface area contributed by atoms with Crippen LogP contribution in [0.2, 0.25) is 0 Å². The summed E-state index contributed by atoms with van der Waals surface area (Å²) in [6.07, 6.45) is -8.73. The summed E-state index contributed by atoms with van der Waals surface area (Å²) in [5.74, 6) is -5.59. The second kappa shape index (κ2) is 10.1. The Morgan fingerprint density at radius 3 is 2.44 bits per heavy atom. The maximum absolute atomic E-state index is 14.7. The normalized spacial score (nSPS) is 14.8. The highest BCUT2D eigenvalue weighted by molar-refractivity contribution is 7.92. The molecule has 4 rings (SSSR count). The van der Waals surface area contributed by atoms with E-state index in [-0.39, 0.29) is 41.3 Å². The van der Waals surface area contributed by atoms with E-state index in [4.69, 9.17) is 4.74 Å². The van der Waals surface area contributed by atoms with Crippen LogP contribution in [0, 0.1) is 11.6 Å². The Labute approximate surface area is 215 Å². The van der Waals surface area contributed by atoms with Gasteiger partial charge < -0.3 is 10.1 Å². The minimum atomic E-state index is -5.41. The van der Waals surface area contributed by atoms with E-state index in [0.717, 1.165) is 24.4 Å². The summed E-state index contributed by atoms with van der Waals surface area (Å²) >= 11 is 0. The average molecular weight is 580 g/mol. The Morgan fingerprint density at radius 1 is 1.05 bits per heavy atom. The molecule has 0 bridgehead atoms. The van der Waals surface area contributed by atoms with Crippen LogP contribution < -0.4 is 10.1 Å². The first-order valence-corrected chi connectivity index (χ1v) is 12.9. The number of carbonyl (C=O) groups is 1. The van der Waals surface area contributed by atoms with Gasteiger partial charge in [-0.05, 0) is 35.9 Å². The maximum atomic E-state index is 14.7. The molecule has 0 fully saturated rings. The average Bonchev–Trinajstić information content (AvgIpc) is 3.30. The van der Waals surface area contributed by atoms with E-state index in [1.54, 1.807) is 0 Å². The Hall–Kier alpha value is -3.82. The second-order valence-electron chi connectivity index (χ2n) is 8.42. The molecule has 1 amide bonds. The summed E-state index contributed by atoms with van der Waals surface area (Å²) in [5.41, 5.74) is -1.60. The Bertz CT molecular complexity index is 1580. The van der Waals surface area contributed by atoms with E-state index >= 15 is 0 Å². The summed E-state index contributed by atoms with van der Waals surface area (Å²) in [6, 6.07) is 4.89. The molecule has 208 valence electrons. The molecule has 1 unspecified atom stereocenters. The summed E-state index contributed by atoms with van der Waals surface area (Å²) in [7, 11) is -3.95. The molecule has 2 aromatic heterocycles. The van der Waals surface area contributed by atoms with E-state index in [2.05, 4.69) is 19.6 Å². The van der Waals surface area contributed by atoms with Crippen LogP contribution in [0.15, 0.2) is 40.9 Å². The Morgan fingerprint density at radius 2 is 1.77 bits per heavy atom. The number of anilines is 2. The molecule has 1 aliphatic rings. The van der Waals surface area contributed by atoms with Crippen molar-refractivity contribution in [2.75, 3.05) is 18.2 Å². The molecule has 3 heterocycles. The lowest BCUT2D eigenvalue weighted by Crippen LogP contribution is -2.22. The molecule has 7 nitrogen and oxygen atoms in total. The number of hydrogen-bond acceptors (Lipinski definition) is 6. The molecule has 0 aliphatic carbocycles. The third-order valence-electron chi connectivity index (χ3n) is 5.33. The van der Waals surface area contributed by atoms with Crippen molar-refractivity contribution in [2.45, 2.75) is 24.5 Å². The number of hydrogen-bond donors (Lipinski definition) is 1. The molecule has 1 N–H and O–H groups in total. The number of carbonyl (C=O) groups excluding carboxylic acids is 1. The fraction of sp³-hybridized carbons (Fsp3) is 0.261. The zero-order valence-electron chi connectivity index (χ0n) is 19.6. The molecule has 39 heavy (non-hydrogen) atoms. The van der Waals surface area contributed by atoms with E-state index in [1.165, 1.54) is 6.07 Å². The maximum Gasteiger partial charge on any atom is 0.474 e. The van der Waals surface area contributed by atoms with Gasteiger partial charge in [0.2, 0.25) is 0 Å². The molecule has 0 saturated carbocycles. The summed E-state index contributed by atoms with van der Waals surface area (Å²) in [6.45, 7) is 0.166. The summed E-state index contributed by atoms with van der Waals surface area (Å²) < 4.78 is 127. The van der Waals surface area contributed by atoms with Crippen LogP contribution in [0.4, 0.5) is 46.8 Å². The fourth-order valence-corrected chi connectivity index (χ4v) is 5.07. The van der Waals surface area contributed by atoms with Crippen molar-refractivity contribution in [3.63, 3.8) is 0 Å². The Kier molecular flexibility index (Phi) is 7.27. The number of nitrogens with zero attached hydrogens (tertiary/aromatic N) is 3. The summed E-state index contributed by atoms with van der Waals surface area (Å²) in [5, 5.41) is 2.45. The third-order valence-corrected chi connectivity index (χ3v) is 6.75. The zero-order valence-corrected chi connectivity index (χ0v) is 20.4. The number of aromatic nitrogens is 2. The first-order valence-electron chi connectivity index (χ1n) is 10.8. The van der Waals surface area contributed by atoms with Crippen molar-refractivity contribution in [1.29, 1.82) is 0 Å². The van der Waals surface area contributed by atoms with Crippen molar-refractivity contribution < 1.29 is 48.9 Å². The quantitative estimate of drug-likeness (QED) is 0.383. The first-order chi connectivity index (χ1) is 18.0. The smallest absolute Gasteiger partial charge is 0.474 e. The van der Waals surface area contributed by atoms with E-state index in [9.17, 15) is 44.1 Å². The number of fused-ring (bicyclic) bond motifs is 1. The van der Waals surface area contributed by atoms with Crippen LogP contribution in [0.5, 0.6) is 5.75 Å². The van der Waals surface area contributed by atoms with Crippen molar-refractivity contribution >= 4 is 27.3 Å². The van der Waals surface area contributed by atoms with Crippen molar-refractivity contribution in [1.82, 2.24) is 9.97 Å². The fourth-order valence-electron chi connectivity index (χ4n) is 3.76. The highest BCUT2D eigenvalue weighted by Crippen LogP contribution is 2.40. The van der Waals surface area contributed by atoms with E-state index < -0.39 is 62.5 Å². The SMILES string of the molecule is CS(=O)(Cc1cc(Nc2cc(-c3ccc(F)c4c3OCC4)c(F)cn2)nc(C(F)(F)F)c1)=NC(=O)C(F)(F)F. The highest BCUT2D eigenvalue weighted by atomic mass is 32.2. The van der Waals surface area contributed by atoms with Gasteiger partial charge in [-0.1, -0.05) is 0 Å². The highest BCUT2D eigenvalue weighted by Gasteiger charge is 2.39. The predicted octanol–water partition coefficient (Wildman–Crippen LogP) is 5.81. The van der Waals surface area contributed by atoms with Crippen molar-refractivity contribution in [3.05, 3.63) is 65.0 Å². The molecule has 1 aliphatic heterocycles. The van der Waals surface area contributed by atoms with Crippen LogP contribution in [-0.4, -0.2) is 39.1 Å². The van der Waals surface area contributed by atoms with Gasteiger partial charge in [-0.3, -0.25) is 4.79 Å². The van der Waals surface area contributed by atoms with Crippen molar-refractivity contribution in [2.24, 2.45) is 4.36 Å². The number of pyridine rings is 2. The predicted molar refractivity (Wildman–Crippen MR) is 123 cm³/mol. The van der Waals surface area contributed by atoms with Crippen LogP contribution >= 0.6 is 0 Å². The van der Waals surface area contributed by atoms with Crippen LogP contribution in [0.25, 0.3) is 11.1 Å². The molecular weight excluding hydrogens is 564 g/mol. The lowest BCUT2D eigenvalue weighted by Gasteiger charge is -2.14. The van der Waals surface area contributed by atoms with Crippen LogP contribution in [0.3, 0.4) is 0 Å². The number of nitrogens with one attached hydrogen (secondary N) is 1. The minimum Gasteiger partial charge on any atom is -0.492 e. The van der Waals surface area contributed by atoms with Crippen LogP contribution in [0.1, 0.15) is 16.8 Å². The van der Waals surface area contributed by atoms with Gasteiger partial charge in [-0.15, -0.1) is 0 Å². The molecule has 0 radical (unpaired) electrons. The lowest BCUT2D eigenvalue weighted by atomic mass is 10.0. The molecule has 3 aromatic rings. The third kappa shape index (κ3) is 6.43. The van der Waals surface area contributed by atoms with E-state index in [1.807, 2.05) is 0 Å². The number of alkyl halides is 6. The first kappa shape index (κ1) is 28.2. The van der Waals surface area contributed by atoms with Gasteiger partial charge in [-0.25, -0.2) is 23.0 Å². The topological polar surface area (TPSA) is 93.5 Å². The molecule has 16 heteroatoms. The lowest BCUT2D eigenvalue weighted by molar-refractivity contribution is -0.169. The van der Waals surface area contributed by atoms with Gasteiger partial charge in [0, 0.05) is 29.4 Å². The Balaban J connectivity index is 1.72. The molecule has 1 atom stereocenters. The van der Waals surface area contributed by atoms with Gasteiger partial charge in [0.15, 0.2) is 0 Å². The number of rotatable bonds is 5. The molecule has 0 saturated heterocycles. The standard InChI is InChI=1S/C23H16F8N4O3S/c1-39(37,35-21(36)23(29,30)31)10-11-6-17(22(26,27)28)33-19(7-11)34-18-8-14(16(25)9-32-18)12-2-3-15(24)13-4-5-38-20(12)13/h2-3,6-9H,4-5,10H2,1H3,(H,32,33,34). The molecule has 0 spiro atoms. The number of amides is 1. The largest absolute Gasteiger partial charge is 0.492 e. The molecule has 1 aromatic carbocycles. The summed E-state index contributed by atoms with van der Waals surface area (Å²) in [4.78, 5) is 18.3. The van der Waals surface area contributed by atoms with Gasteiger partial charge in [0.1, 0.15) is 34.7 Å². The number of halogens is 8. The van der Waals surface area contributed by atoms with Crippen LogP contribution in [-0.2, 0) is 32.9 Å². The second-order valence-corrected chi connectivity index (χ2v) is 10.8. The van der Waals surface area contributed by atoms with Gasteiger partial charge in [0.25, 0.3) is 0 Å². The van der Waals surface area contributed by atoms with Gasteiger partial charge in [0.05, 0.1) is 28.3 Å².